The number of amides is 1. The molecule has 0 saturated heterocycles. The quantitative estimate of drug-likeness (QED) is 0.860. The molecule has 0 saturated carbocycles. The van der Waals surface area contributed by atoms with Gasteiger partial charge in [0.2, 0.25) is 0 Å². The summed E-state index contributed by atoms with van der Waals surface area (Å²) in [5.74, 6) is -0.0694. The molecule has 0 aromatic carbocycles. The number of nitrogens with one attached hydrogen (secondary N) is 1. The zero-order valence-corrected chi connectivity index (χ0v) is 10.6. The summed E-state index contributed by atoms with van der Waals surface area (Å²) in [6, 6.07) is 3.94. The number of nitrogens with zero attached hydrogens (tertiary/aromatic N) is 2. The van der Waals surface area contributed by atoms with Crippen LogP contribution in [0.25, 0.3) is 5.65 Å². The van der Waals surface area contributed by atoms with E-state index in [-0.39, 0.29) is 11.9 Å². The van der Waals surface area contributed by atoms with Crippen LogP contribution in [0.5, 0.6) is 0 Å². The lowest BCUT2D eigenvalue weighted by Gasteiger charge is -2.08. The summed E-state index contributed by atoms with van der Waals surface area (Å²) in [6.07, 6.45) is 1.88. The first-order chi connectivity index (χ1) is 7.99. The number of aromatic nitrogens is 2. The van der Waals surface area contributed by atoms with Crippen LogP contribution in [0.4, 0.5) is 0 Å². The minimum atomic E-state index is -0.0694. The Balaban J connectivity index is 2.52. The number of hydrogen-bond acceptors (Lipinski definition) is 2. The van der Waals surface area contributed by atoms with E-state index >= 15 is 0 Å². The maximum absolute atomic E-state index is 12.0. The molecular formula is C13H17N3O. The van der Waals surface area contributed by atoms with Crippen molar-refractivity contribution in [1.29, 1.82) is 0 Å². The van der Waals surface area contributed by atoms with Gasteiger partial charge in [-0.1, -0.05) is 0 Å². The van der Waals surface area contributed by atoms with Gasteiger partial charge in [-0.25, -0.2) is 4.98 Å². The second-order valence-electron chi connectivity index (χ2n) is 4.59. The number of carbonyl (C=O) groups is 1. The Labute approximate surface area is 101 Å². The highest BCUT2D eigenvalue weighted by Crippen LogP contribution is 2.14. The standard InChI is InChI=1S/C13H17N3O/c1-8(2)14-13(17)11-5-6-16-10(4)7-9(3)15-12(11)16/h5-8H,1-4H3,(H,14,17). The van der Waals surface area contributed by atoms with Crippen LogP contribution in [0.15, 0.2) is 18.3 Å². The van der Waals surface area contributed by atoms with E-state index in [4.69, 9.17) is 0 Å². The minimum Gasteiger partial charge on any atom is -0.350 e. The topological polar surface area (TPSA) is 46.4 Å². The monoisotopic (exact) mass is 231 g/mol. The van der Waals surface area contributed by atoms with E-state index in [0.29, 0.717) is 5.56 Å². The van der Waals surface area contributed by atoms with Crippen LogP contribution in [0, 0.1) is 13.8 Å². The average Bonchev–Trinajstić information content (AvgIpc) is 2.59. The highest BCUT2D eigenvalue weighted by molar-refractivity contribution is 6.00. The van der Waals surface area contributed by atoms with Gasteiger partial charge in [0.25, 0.3) is 5.91 Å². The van der Waals surface area contributed by atoms with E-state index in [2.05, 4.69) is 10.3 Å². The molecule has 0 spiro atoms. The van der Waals surface area contributed by atoms with Gasteiger partial charge in [0.15, 0.2) is 0 Å². The fourth-order valence-corrected chi connectivity index (χ4v) is 1.91. The van der Waals surface area contributed by atoms with Gasteiger partial charge in [-0.3, -0.25) is 4.79 Å². The van der Waals surface area contributed by atoms with Crippen molar-refractivity contribution in [2.45, 2.75) is 33.7 Å². The second kappa shape index (κ2) is 4.20. The number of fused-ring (bicyclic) bond motifs is 1. The van der Waals surface area contributed by atoms with Crippen molar-refractivity contribution in [3.8, 4) is 0 Å². The third-order valence-corrected chi connectivity index (χ3v) is 2.60. The molecule has 0 atom stereocenters. The molecule has 4 heteroatoms. The van der Waals surface area contributed by atoms with Crippen LogP contribution in [-0.4, -0.2) is 21.3 Å². The second-order valence-corrected chi connectivity index (χ2v) is 4.59. The molecule has 2 rings (SSSR count). The summed E-state index contributed by atoms with van der Waals surface area (Å²) in [4.78, 5) is 16.4. The fourth-order valence-electron chi connectivity index (χ4n) is 1.91. The smallest absolute Gasteiger partial charge is 0.255 e. The van der Waals surface area contributed by atoms with Crippen molar-refractivity contribution in [3.63, 3.8) is 0 Å². The van der Waals surface area contributed by atoms with Gasteiger partial charge in [0, 0.05) is 23.6 Å². The van der Waals surface area contributed by atoms with E-state index in [1.54, 1.807) is 0 Å². The summed E-state index contributed by atoms with van der Waals surface area (Å²) in [6.45, 7) is 7.83. The number of hydrogen-bond donors (Lipinski definition) is 1. The maximum atomic E-state index is 12.0. The first-order valence-electron chi connectivity index (χ1n) is 5.75. The summed E-state index contributed by atoms with van der Waals surface area (Å²) < 4.78 is 1.93. The van der Waals surface area contributed by atoms with Crippen molar-refractivity contribution in [1.82, 2.24) is 14.7 Å². The van der Waals surface area contributed by atoms with Crippen LogP contribution >= 0.6 is 0 Å². The van der Waals surface area contributed by atoms with Crippen LogP contribution < -0.4 is 5.32 Å². The normalized spacial score (nSPS) is 11.1. The van der Waals surface area contributed by atoms with Crippen molar-refractivity contribution < 1.29 is 4.79 Å². The van der Waals surface area contributed by atoms with Gasteiger partial charge in [-0.05, 0) is 39.8 Å². The van der Waals surface area contributed by atoms with Crippen LogP contribution in [-0.2, 0) is 0 Å². The van der Waals surface area contributed by atoms with E-state index in [0.717, 1.165) is 17.0 Å². The lowest BCUT2D eigenvalue weighted by atomic mass is 10.2. The molecule has 0 fully saturated rings. The third-order valence-electron chi connectivity index (χ3n) is 2.60. The highest BCUT2D eigenvalue weighted by atomic mass is 16.1. The molecule has 0 aliphatic heterocycles. The molecule has 0 radical (unpaired) electrons. The molecule has 1 amide bonds. The van der Waals surface area contributed by atoms with Gasteiger partial charge in [-0.15, -0.1) is 0 Å². The lowest BCUT2D eigenvalue weighted by Crippen LogP contribution is -2.30. The number of aryl methyl sites for hydroxylation is 2. The molecule has 2 aromatic heterocycles. The lowest BCUT2D eigenvalue weighted by molar-refractivity contribution is 0.0944. The Bertz CT molecular complexity index is 569. The molecule has 0 aliphatic carbocycles. The van der Waals surface area contributed by atoms with Gasteiger partial charge in [-0.2, -0.15) is 0 Å². The van der Waals surface area contributed by atoms with Crippen LogP contribution in [0.1, 0.15) is 35.6 Å². The average molecular weight is 231 g/mol. The third kappa shape index (κ3) is 2.16. The number of carbonyl (C=O) groups excluding carboxylic acids is 1. The van der Waals surface area contributed by atoms with Crippen molar-refractivity contribution in [2.75, 3.05) is 0 Å². The molecule has 17 heavy (non-hydrogen) atoms. The minimum absolute atomic E-state index is 0.0694. The molecule has 2 heterocycles. The molecule has 0 aliphatic rings. The van der Waals surface area contributed by atoms with Crippen LogP contribution in [0.2, 0.25) is 0 Å². The zero-order chi connectivity index (χ0) is 12.6. The summed E-state index contributed by atoms with van der Waals surface area (Å²) >= 11 is 0. The first kappa shape index (κ1) is 11.6. The van der Waals surface area contributed by atoms with Crippen molar-refractivity contribution >= 4 is 11.6 Å². The Morgan fingerprint density at radius 2 is 2.12 bits per heavy atom. The molecule has 2 aromatic rings. The van der Waals surface area contributed by atoms with Gasteiger partial charge >= 0.3 is 0 Å². The molecule has 0 unspecified atom stereocenters. The zero-order valence-electron chi connectivity index (χ0n) is 10.6. The Kier molecular flexibility index (Phi) is 2.88. The molecule has 1 N–H and O–H groups in total. The predicted molar refractivity (Wildman–Crippen MR) is 67.3 cm³/mol. The van der Waals surface area contributed by atoms with Crippen LogP contribution in [0.3, 0.4) is 0 Å². The summed E-state index contributed by atoms with van der Waals surface area (Å²) in [5, 5.41) is 2.88. The Hall–Kier alpha value is -1.84. The van der Waals surface area contributed by atoms with Crippen molar-refractivity contribution in [3.05, 3.63) is 35.3 Å². The van der Waals surface area contributed by atoms with E-state index in [9.17, 15) is 4.79 Å². The Morgan fingerprint density at radius 1 is 1.41 bits per heavy atom. The van der Waals surface area contributed by atoms with E-state index in [1.165, 1.54) is 0 Å². The maximum Gasteiger partial charge on any atom is 0.255 e. The molecule has 90 valence electrons. The largest absolute Gasteiger partial charge is 0.350 e. The van der Waals surface area contributed by atoms with Gasteiger partial charge < -0.3 is 9.72 Å². The number of rotatable bonds is 2. The van der Waals surface area contributed by atoms with Gasteiger partial charge in [0.05, 0.1) is 5.56 Å². The predicted octanol–water partition coefficient (Wildman–Crippen LogP) is 2.09. The SMILES string of the molecule is Cc1cc(C)n2ccc(C(=O)NC(C)C)c2n1. The van der Waals surface area contributed by atoms with Gasteiger partial charge in [0.1, 0.15) is 5.65 Å². The first-order valence-corrected chi connectivity index (χ1v) is 5.75. The molecule has 0 bridgehead atoms. The van der Waals surface area contributed by atoms with E-state index in [1.807, 2.05) is 50.4 Å². The summed E-state index contributed by atoms with van der Waals surface area (Å²) in [7, 11) is 0. The highest BCUT2D eigenvalue weighted by Gasteiger charge is 2.14. The Morgan fingerprint density at radius 3 is 2.76 bits per heavy atom. The molecular weight excluding hydrogens is 214 g/mol. The van der Waals surface area contributed by atoms with E-state index < -0.39 is 0 Å². The van der Waals surface area contributed by atoms with Crippen molar-refractivity contribution in [2.24, 2.45) is 0 Å². The summed E-state index contributed by atoms with van der Waals surface area (Å²) in [5.41, 5.74) is 3.36. The molecule has 4 nitrogen and oxygen atoms in total. The fraction of sp³-hybridized carbons (Fsp3) is 0.385.